The van der Waals surface area contributed by atoms with Gasteiger partial charge in [0.25, 0.3) is 0 Å². The van der Waals surface area contributed by atoms with E-state index in [-0.39, 0.29) is 18.2 Å². The number of ketones is 1. The molecule has 1 saturated heterocycles. The molecule has 1 unspecified atom stereocenters. The second-order valence-corrected chi connectivity index (χ2v) is 5.52. The normalized spacial score (nSPS) is 19.2. The van der Waals surface area contributed by atoms with E-state index in [9.17, 15) is 9.59 Å². The predicted octanol–water partition coefficient (Wildman–Crippen LogP) is 1.98. The van der Waals surface area contributed by atoms with Crippen molar-refractivity contribution in [3.05, 3.63) is 29.3 Å². The fourth-order valence-corrected chi connectivity index (χ4v) is 2.75. The van der Waals surface area contributed by atoms with Gasteiger partial charge in [-0.05, 0) is 50.1 Å². The van der Waals surface area contributed by atoms with Gasteiger partial charge in [-0.3, -0.25) is 14.5 Å². The van der Waals surface area contributed by atoms with Gasteiger partial charge in [-0.1, -0.05) is 0 Å². The fraction of sp³-hybridized carbons (Fsp3) is 0.500. The van der Waals surface area contributed by atoms with Crippen molar-refractivity contribution in [2.45, 2.75) is 19.8 Å². The van der Waals surface area contributed by atoms with Crippen LogP contribution in [-0.2, 0) is 4.79 Å². The number of hydrogen-bond acceptors (Lipinski definition) is 4. The Balaban J connectivity index is 2.01. The maximum Gasteiger partial charge on any atom is 0.307 e. The number of hydrogen-bond donors (Lipinski definition) is 1. The minimum Gasteiger partial charge on any atom is -0.496 e. The maximum absolute atomic E-state index is 12.3. The van der Waals surface area contributed by atoms with E-state index in [1.54, 1.807) is 19.2 Å². The van der Waals surface area contributed by atoms with Crippen molar-refractivity contribution >= 4 is 11.8 Å². The maximum atomic E-state index is 12.3. The summed E-state index contributed by atoms with van der Waals surface area (Å²) in [5, 5.41) is 9.08. The van der Waals surface area contributed by atoms with Crippen LogP contribution in [0.3, 0.4) is 0 Å². The summed E-state index contributed by atoms with van der Waals surface area (Å²) in [6.07, 6.45) is 1.52. The first kappa shape index (κ1) is 15.5. The Morgan fingerprint density at radius 2 is 2.19 bits per heavy atom. The van der Waals surface area contributed by atoms with Crippen LogP contribution in [0.15, 0.2) is 18.2 Å². The van der Waals surface area contributed by atoms with E-state index in [0.29, 0.717) is 18.5 Å². The fourth-order valence-electron chi connectivity index (χ4n) is 2.75. The molecule has 0 aromatic heterocycles. The summed E-state index contributed by atoms with van der Waals surface area (Å²) in [6, 6.07) is 5.37. The first-order valence-corrected chi connectivity index (χ1v) is 7.14. The molecule has 1 heterocycles. The first-order valence-electron chi connectivity index (χ1n) is 7.14. The summed E-state index contributed by atoms with van der Waals surface area (Å²) >= 11 is 0. The largest absolute Gasteiger partial charge is 0.496 e. The van der Waals surface area contributed by atoms with Crippen LogP contribution in [0.1, 0.15) is 28.8 Å². The average Bonchev–Trinajstić information content (AvgIpc) is 2.47. The molecule has 0 bridgehead atoms. The monoisotopic (exact) mass is 291 g/mol. The number of carbonyl (C=O) groups is 2. The number of carbonyl (C=O) groups excluding carboxylic acids is 1. The van der Waals surface area contributed by atoms with Crippen LogP contribution in [0.25, 0.3) is 0 Å². The zero-order valence-electron chi connectivity index (χ0n) is 12.5. The summed E-state index contributed by atoms with van der Waals surface area (Å²) in [4.78, 5) is 25.3. The van der Waals surface area contributed by atoms with E-state index >= 15 is 0 Å². The van der Waals surface area contributed by atoms with Crippen molar-refractivity contribution < 1.29 is 19.4 Å². The lowest BCUT2D eigenvalue weighted by Crippen LogP contribution is -2.41. The van der Waals surface area contributed by atoms with Crippen molar-refractivity contribution in [2.24, 2.45) is 5.92 Å². The number of aliphatic carboxylic acids is 1. The molecule has 1 aliphatic heterocycles. The smallest absolute Gasteiger partial charge is 0.307 e. The third kappa shape index (κ3) is 3.82. The highest BCUT2D eigenvalue weighted by Crippen LogP contribution is 2.20. The van der Waals surface area contributed by atoms with Crippen molar-refractivity contribution in [1.29, 1.82) is 0 Å². The van der Waals surface area contributed by atoms with Gasteiger partial charge in [-0.2, -0.15) is 0 Å². The van der Waals surface area contributed by atoms with Crippen LogP contribution in [-0.4, -0.2) is 48.5 Å². The van der Waals surface area contributed by atoms with Gasteiger partial charge in [0, 0.05) is 12.1 Å². The van der Waals surface area contributed by atoms with Crippen molar-refractivity contribution in [3.8, 4) is 5.75 Å². The molecular formula is C16H21NO4. The lowest BCUT2D eigenvalue weighted by atomic mass is 9.97. The van der Waals surface area contributed by atoms with Gasteiger partial charge in [0.05, 0.1) is 19.6 Å². The third-order valence-corrected chi connectivity index (χ3v) is 3.94. The van der Waals surface area contributed by atoms with Crippen LogP contribution in [0.5, 0.6) is 5.75 Å². The SMILES string of the molecule is COc1ccc(C(=O)CN2CCCC(C(=O)O)C2)cc1C. The van der Waals surface area contributed by atoms with Crippen molar-refractivity contribution in [2.75, 3.05) is 26.7 Å². The molecule has 5 heteroatoms. The number of methoxy groups -OCH3 is 1. The van der Waals surface area contributed by atoms with E-state index in [1.165, 1.54) is 0 Å². The Bertz CT molecular complexity index is 541. The number of carboxylic acid groups (broad SMARTS) is 1. The summed E-state index contributed by atoms with van der Waals surface area (Å²) in [5.41, 5.74) is 1.57. The van der Waals surface area contributed by atoms with Crippen molar-refractivity contribution in [1.82, 2.24) is 4.90 Å². The minimum atomic E-state index is -0.771. The Morgan fingerprint density at radius 1 is 1.43 bits per heavy atom. The van der Waals surface area contributed by atoms with Crippen LogP contribution in [0.4, 0.5) is 0 Å². The lowest BCUT2D eigenvalue weighted by molar-refractivity contribution is -0.143. The molecule has 114 valence electrons. The van der Waals surface area contributed by atoms with Gasteiger partial charge < -0.3 is 9.84 Å². The van der Waals surface area contributed by atoms with Gasteiger partial charge in [0.15, 0.2) is 5.78 Å². The van der Waals surface area contributed by atoms with Crippen LogP contribution < -0.4 is 4.74 Å². The second kappa shape index (κ2) is 6.72. The Labute approximate surface area is 124 Å². The van der Waals surface area contributed by atoms with E-state index in [2.05, 4.69) is 0 Å². The van der Waals surface area contributed by atoms with E-state index in [0.717, 1.165) is 24.3 Å². The summed E-state index contributed by atoms with van der Waals surface area (Å²) < 4.78 is 5.18. The molecule has 0 saturated carbocycles. The number of carboxylic acids is 1. The van der Waals surface area contributed by atoms with E-state index < -0.39 is 5.97 Å². The van der Waals surface area contributed by atoms with E-state index in [1.807, 2.05) is 17.9 Å². The predicted molar refractivity (Wildman–Crippen MR) is 78.9 cm³/mol. The number of ether oxygens (including phenoxy) is 1. The number of aryl methyl sites for hydroxylation is 1. The summed E-state index contributed by atoms with van der Waals surface area (Å²) in [5.74, 6) is -0.348. The Hall–Kier alpha value is -1.88. The molecule has 0 spiro atoms. The molecule has 0 aliphatic carbocycles. The lowest BCUT2D eigenvalue weighted by Gasteiger charge is -2.29. The molecule has 1 aliphatic rings. The number of piperidine rings is 1. The molecule has 1 N–H and O–H groups in total. The zero-order valence-corrected chi connectivity index (χ0v) is 12.5. The highest BCUT2D eigenvalue weighted by atomic mass is 16.5. The number of likely N-dealkylation sites (tertiary alicyclic amines) is 1. The van der Waals surface area contributed by atoms with Crippen LogP contribution in [0, 0.1) is 12.8 Å². The molecule has 1 aromatic rings. The van der Waals surface area contributed by atoms with Gasteiger partial charge in [-0.25, -0.2) is 0 Å². The van der Waals surface area contributed by atoms with E-state index in [4.69, 9.17) is 9.84 Å². The molecule has 0 radical (unpaired) electrons. The molecule has 1 aromatic carbocycles. The highest BCUT2D eigenvalue weighted by Gasteiger charge is 2.26. The molecule has 5 nitrogen and oxygen atoms in total. The standard InChI is InChI=1S/C16H21NO4/c1-11-8-12(5-6-15(11)21-2)14(18)10-17-7-3-4-13(9-17)16(19)20/h5-6,8,13H,3-4,7,9-10H2,1-2H3,(H,19,20). The van der Waals surface area contributed by atoms with Gasteiger partial charge >= 0.3 is 5.97 Å². The number of nitrogens with zero attached hydrogens (tertiary/aromatic N) is 1. The van der Waals surface area contributed by atoms with Gasteiger partial charge in [0.1, 0.15) is 5.75 Å². The first-order chi connectivity index (χ1) is 10.0. The van der Waals surface area contributed by atoms with Crippen LogP contribution in [0.2, 0.25) is 0 Å². The molecule has 0 amide bonds. The van der Waals surface area contributed by atoms with Gasteiger partial charge in [-0.15, -0.1) is 0 Å². The Kier molecular flexibility index (Phi) is 4.96. The highest BCUT2D eigenvalue weighted by molar-refractivity contribution is 5.98. The van der Waals surface area contributed by atoms with Gasteiger partial charge in [0.2, 0.25) is 0 Å². The summed E-state index contributed by atoms with van der Waals surface area (Å²) in [7, 11) is 1.60. The number of benzene rings is 1. The molecule has 1 fully saturated rings. The van der Waals surface area contributed by atoms with Crippen molar-refractivity contribution in [3.63, 3.8) is 0 Å². The molecule has 1 atom stereocenters. The molecular weight excluding hydrogens is 270 g/mol. The topological polar surface area (TPSA) is 66.8 Å². The minimum absolute atomic E-state index is 0.0202. The molecule has 2 rings (SSSR count). The number of Topliss-reactive ketones (excluding diaryl/α,β-unsaturated/α-hetero) is 1. The van der Waals surface area contributed by atoms with Crippen LogP contribution >= 0.6 is 0 Å². The molecule has 21 heavy (non-hydrogen) atoms. The average molecular weight is 291 g/mol. The quantitative estimate of drug-likeness (QED) is 0.840. The zero-order chi connectivity index (χ0) is 15.4. The third-order valence-electron chi connectivity index (χ3n) is 3.94. The number of rotatable bonds is 5. The second-order valence-electron chi connectivity index (χ2n) is 5.52. The Morgan fingerprint density at radius 3 is 2.81 bits per heavy atom. The summed E-state index contributed by atoms with van der Waals surface area (Å²) in [6.45, 7) is 3.41.